The molecule has 0 amide bonds. The molecule has 3 unspecified atom stereocenters. The molecule has 9 nitrogen and oxygen atoms in total. The summed E-state index contributed by atoms with van der Waals surface area (Å²) in [6.07, 6.45) is -0.448. The highest BCUT2D eigenvalue weighted by Gasteiger charge is 2.25. The lowest BCUT2D eigenvalue weighted by Gasteiger charge is -2.20. The third kappa shape index (κ3) is 10.1. The topological polar surface area (TPSA) is 128 Å². The zero-order chi connectivity index (χ0) is 26.9. The van der Waals surface area contributed by atoms with Crippen molar-refractivity contribution in [2.24, 2.45) is 23.7 Å². The smallest absolute Gasteiger partial charge is 0.321 e. The molecule has 0 fully saturated rings. The molecule has 196 valence electrons. The first-order valence-electron chi connectivity index (χ1n) is 11.9. The molecule has 0 radical (unpaired) electrons. The van der Waals surface area contributed by atoms with E-state index >= 15 is 0 Å². The maximum Gasteiger partial charge on any atom is 0.321 e. The molecule has 2 N–H and O–H groups in total. The van der Waals surface area contributed by atoms with Gasteiger partial charge in [0.1, 0.15) is 12.1 Å². The fraction of sp³-hybridized carbons (Fsp3) is 0.615. The third-order valence-corrected chi connectivity index (χ3v) is 5.93. The SMILES string of the molecule is CC(=O)OC(C)CN[C@@H](Cc1ccc(OC(=O)C(C)C(C)C)c(OC(=O)C(C)C(C)C)c1)C(=O)O. The Labute approximate surface area is 207 Å². The van der Waals surface area contributed by atoms with Gasteiger partial charge >= 0.3 is 23.9 Å². The number of carbonyl (C=O) groups is 4. The molecule has 4 atom stereocenters. The standard InChI is InChI=1S/C26H39NO8/c1-14(2)17(6)25(31)34-22-10-9-20(12-23(22)35-26(32)18(7)15(3)4)11-21(24(29)30)27-13-16(5)33-19(8)28/h9-10,12,14-18,21,27H,11,13H2,1-8H3,(H,29,30)/t16?,17?,18?,21-/m0/s1. The minimum atomic E-state index is -1.09. The summed E-state index contributed by atoms with van der Waals surface area (Å²) in [6.45, 7) is 14.2. The number of hydrogen-bond acceptors (Lipinski definition) is 8. The molecule has 9 heteroatoms. The molecule has 0 heterocycles. The summed E-state index contributed by atoms with van der Waals surface area (Å²) in [5.41, 5.74) is 0.557. The van der Waals surface area contributed by atoms with Crippen molar-refractivity contribution >= 4 is 23.9 Å². The molecule has 0 aromatic heterocycles. The van der Waals surface area contributed by atoms with Crippen molar-refractivity contribution in [1.29, 1.82) is 0 Å². The van der Waals surface area contributed by atoms with Crippen LogP contribution in [-0.4, -0.2) is 47.7 Å². The Morgan fingerprint density at radius 2 is 1.37 bits per heavy atom. The molecule has 35 heavy (non-hydrogen) atoms. The number of hydrogen-bond donors (Lipinski definition) is 2. The predicted octanol–water partition coefficient (Wildman–Crippen LogP) is 3.62. The Morgan fingerprint density at radius 1 is 0.857 bits per heavy atom. The van der Waals surface area contributed by atoms with Gasteiger partial charge in [0.25, 0.3) is 0 Å². The van der Waals surface area contributed by atoms with E-state index in [0.717, 1.165) is 0 Å². The molecule has 1 aromatic rings. The van der Waals surface area contributed by atoms with Crippen LogP contribution < -0.4 is 14.8 Å². The third-order valence-electron chi connectivity index (χ3n) is 5.93. The summed E-state index contributed by atoms with van der Waals surface area (Å²) in [6, 6.07) is 3.66. The zero-order valence-electron chi connectivity index (χ0n) is 21.9. The highest BCUT2D eigenvalue weighted by atomic mass is 16.6. The second kappa shape index (κ2) is 13.8. The first kappa shape index (κ1) is 30.1. The Balaban J connectivity index is 3.17. The highest BCUT2D eigenvalue weighted by Crippen LogP contribution is 2.31. The largest absolute Gasteiger partial charge is 0.480 e. The minimum absolute atomic E-state index is 0.0393. The van der Waals surface area contributed by atoms with Gasteiger partial charge in [-0.05, 0) is 42.9 Å². The van der Waals surface area contributed by atoms with E-state index in [2.05, 4.69) is 5.32 Å². The summed E-state index contributed by atoms with van der Waals surface area (Å²) in [4.78, 5) is 48.0. The number of benzene rings is 1. The molecule has 0 aliphatic carbocycles. The second-order valence-corrected chi connectivity index (χ2v) is 9.61. The number of aliphatic carboxylic acids is 1. The molecule has 1 aromatic carbocycles. The van der Waals surface area contributed by atoms with E-state index in [-0.39, 0.29) is 42.2 Å². The van der Waals surface area contributed by atoms with E-state index in [9.17, 15) is 24.3 Å². The van der Waals surface area contributed by atoms with E-state index in [1.165, 1.54) is 19.1 Å². The average molecular weight is 494 g/mol. The maximum atomic E-state index is 12.6. The molecule has 0 bridgehead atoms. The van der Waals surface area contributed by atoms with Gasteiger partial charge in [0.15, 0.2) is 11.5 Å². The van der Waals surface area contributed by atoms with Crippen molar-refractivity contribution < 1.29 is 38.5 Å². The Bertz CT molecular complexity index is 895. The van der Waals surface area contributed by atoms with Gasteiger partial charge in [0.05, 0.1) is 11.8 Å². The lowest BCUT2D eigenvalue weighted by atomic mass is 9.98. The summed E-state index contributed by atoms with van der Waals surface area (Å²) >= 11 is 0. The molecule has 0 spiro atoms. The molecule has 0 saturated heterocycles. The molecule has 1 rings (SSSR count). The van der Waals surface area contributed by atoms with Crippen LogP contribution in [0, 0.1) is 23.7 Å². The number of esters is 3. The zero-order valence-corrected chi connectivity index (χ0v) is 21.9. The number of rotatable bonds is 13. The van der Waals surface area contributed by atoms with Crippen LogP contribution in [0.3, 0.4) is 0 Å². The molecular formula is C26H39NO8. The second-order valence-electron chi connectivity index (χ2n) is 9.61. The quantitative estimate of drug-likeness (QED) is 0.313. The molecule has 0 aliphatic rings. The lowest BCUT2D eigenvalue weighted by Crippen LogP contribution is -2.42. The van der Waals surface area contributed by atoms with Crippen LogP contribution in [-0.2, 0) is 30.3 Å². The summed E-state index contributed by atoms with van der Waals surface area (Å²) in [5.74, 6) is -2.98. The van der Waals surface area contributed by atoms with Crippen LogP contribution >= 0.6 is 0 Å². The molecule has 0 saturated carbocycles. The van der Waals surface area contributed by atoms with E-state index in [1.54, 1.807) is 26.8 Å². The van der Waals surface area contributed by atoms with Gasteiger partial charge in [0, 0.05) is 13.5 Å². The lowest BCUT2D eigenvalue weighted by molar-refractivity contribution is -0.145. The van der Waals surface area contributed by atoms with Crippen LogP contribution in [0.4, 0.5) is 0 Å². The first-order valence-corrected chi connectivity index (χ1v) is 11.9. The van der Waals surface area contributed by atoms with Gasteiger partial charge in [-0.15, -0.1) is 0 Å². The fourth-order valence-electron chi connectivity index (χ4n) is 2.91. The number of carboxylic acids is 1. The van der Waals surface area contributed by atoms with Crippen molar-refractivity contribution in [2.75, 3.05) is 6.54 Å². The van der Waals surface area contributed by atoms with Crippen LogP contribution in [0.5, 0.6) is 11.5 Å². The highest BCUT2D eigenvalue weighted by molar-refractivity contribution is 5.79. The Hall–Kier alpha value is -2.94. The Morgan fingerprint density at radius 3 is 1.83 bits per heavy atom. The van der Waals surface area contributed by atoms with Gasteiger partial charge < -0.3 is 24.6 Å². The first-order chi connectivity index (χ1) is 16.2. The average Bonchev–Trinajstić information content (AvgIpc) is 2.75. The fourth-order valence-corrected chi connectivity index (χ4v) is 2.91. The van der Waals surface area contributed by atoms with Gasteiger partial charge in [-0.2, -0.15) is 0 Å². The van der Waals surface area contributed by atoms with E-state index in [4.69, 9.17) is 14.2 Å². The molecule has 0 aliphatic heterocycles. The van der Waals surface area contributed by atoms with Crippen molar-refractivity contribution in [3.05, 3.63) is 23.8 Å². The normalized spacial score (nSPS) is 14.7. The summed E-state index contributed by atoms with van der Waals surface area (Å²) in [7, 11) is 0. The van der Waals surface area contributed by atoms with Crippen LogP contribution in [0.2, 0.25) is 0 Å². The number of carbonyl (C=O) groups excluding carboxylic acids is 3. The number of ether oxygens (including phenoxy) is 3. The van der Waals surface area contributed by atoms with Crippen LogP contribution in [0.25, 0.3) is 0 Å². The van der Waals surface area contributed by atoms with Crippen LogP contribution in [0.15, 0.2) is 18.2 Å². The van der Waals surface area contributed by atoms with Gasteiger partial charge in [-0.1, -0.05) is 47.6 Å². The van der Waals surface area contributed by atoms with Crippen molar-refractivity contribution in [2.45, 2.75) is 74.0 Å². The summed E-state index contributed by atoms with van der Waals surface area (Å²) < 4.78 is 16.2. The van der Waals surface area contributed by atoms with E-state index < -0.39 is 41.9 Å². The monoisotopic (exact) mass is 493 g/mol. The number of nitrogens with one attached hydrogen (secondary N) is 1. The summed E-state index contributed by atoms with van der Waals surface area (Å²) in [5, 5.41) is 12.5. The van der Waals surface area contributed by atoms with Crippen molar-refractivity contribution in [3.8, 4) is 11.5 Å². The van der Waals surface area contributed by atoms with Gasteiger partial charge in [0.2, 0.25) is 0 Å². The predicted molar refractivity (Wildman–Crippen MR) is 130 cm³/mol. The Kier molecular flexibility index (Phi) is 11.9. The minimum Gasteiger partial charge on any atom is -0.480 e. The maximum absolute atomic E-state index is 12.6. The van der Waals surface area contributed by atoms with Crippen molar-refractivity contribution in [3.63, 3.8) is 0 Å². The van der Waals surface area contributed by atoms with Gasteiger partial charge in [-0.25, -0.2) is 0 Å². The van der Waals surface area contributed by atoms with Gasteiger partial charge in [-0.3, -0.25) is 19.2 Å². The molecular weight excluding hydrogens is 454 g/mol. The number of carboxylic acid groups (broad SMARTS) is 1. The van der Waals surface area contributed by atoms with E-state index in [1.807, 2.05) is 27.7 Å². The van der Waals surface area contributed by atoms with Crippen LogP contribution in [0.1, 0.15) is 61.0 Å². The van der Waals surface area contributed by atoms with Crippen molar-refractivity contribution in [1.82, 2.24) is 5.32 Å². The van der Waals surface area contributed by atoms with E-state index in [0.29, 0.717) is 5.56 Å².